The first-order valence-corrected chi connectivity index (χ1v) is 7.95. The molecule has 0 radical (unpaired) electrons. The minimum absolute atomic E-state index is 0.213. The van der Waals surface area contributed by atoms with Crippen molar-refractivity contribution in [2.24, 2.45) is 0 Å². The van der Waals surface area contributed by atoms with Crippen LogP contribution in [0.2, 0.25) is 0 Å². The summed E-state index contributed by atoms with van der Waals surface area (Å²) in [6.07, 6.45) is 0. The molecule has 0 amide bonds. The monoisotopic (exact) mass is 312 g/mol. The summed E-state index contributed by atoms with van der Waals surface area (Å²) in [7, 11) is -3.94. The number of aromatic nitrogens is 1. The molecule has 0 saturated carbocycles. The molecule has 6 nitrogen and oxygen atoms in total. The Morgan fingerprint density at radius 2 is 2.00 bits per heavy atom. The first kappa shape index (κ1) is 14.5. The summed E-state index contributed by atoms with van der Waals surface area (Å²) in [6, 6.07) is 4.55. The van der Waals surface area contributed by atoms with Gasteiger partial charge in [-0.2, -0.15) is 0 Å². The summed E-state index contributed by atoms with van der Waals surface area (Å²) in [5.74, 6) is -1.26. The van der Waals surface area contributed by atoms with Gasteiger partial charge in [-0.3, -0.25) is 9.71 Å². The summed E-state index contributed by atoms with van der Waals surface area (Å²) in [6.45, 7) is 3.48. The molecule has 0 aromatic carbocycles. The number of carbonyl (C=O) groups is 1. The Hall–Kier alpha value is -1.93. The number of anilines is 1. The van der Waals surface area contributed by atoms with E-state index in [1.165, 1.54) is 11.4 Å². The Kier molecular flexibility index (Phi) is 3.78. The van der Waals surface area contributed by atoms with Crippen molar-refractivity contribution in [3.63, 3.8) is 0 Å². The molecule has 2 heterocycles. The minimum Gasteiger partial charge on any atom is -0.477 e. The highest BCUT2D eigenvalue weighted by Crippen LogP contribution is 2.25. The first-order chi connectivity index (χ1) is 9.31. The standard InChI is InChI=1S/C12H12N2O4S2/c1-7-3-4-9(8(2)13-7)14-20(17,18)10-5-6-19-11(10)12(15)16/h3-6,14H,1-2H3,(H,15,16). The number of aromatic carboxylic acids is 1. The van der Waals surface area contributed by atoms with Gasteiger partial charge in [0.25, 0.3) is 10.0 Å². The van der Waals surface area contributed by atoms with Crippen molar-refractivity contribution in [2.75, 3.05) is 4.72 Å². The second kappa shape index (κ2) is 5.22. The molecule has 0 bridgehead atoms. The van der Waals surface area contributed by atoms with Gasteiger partial charge in [0, 0.05) is 5.69 Å². The Labute approximate surface area is 120 Å². The number of pyridine rings is 1. The highest BCUT2D eigenvalue weighted by Gasteiger charge is 2.24. The number of hydrogen-bond donors (Lipinski definition) is 2. The molecule has 0 unspecified atom stereocenters. The van der Waals surface area contributed by atoms with Gasteiger partial charge in [0.2, 0.25) is 0 Å². The molecular formula is C12H12N2O4S2. The van der Waals surface area contributed by atoms with E-state index < -0.39 is 16.0 Å². The first-order valence-electron chi connectivity index (χ1n) is 5.59. The van der Waals surface area contributed by atoms with Gasteiger partial charge < -0.3 is 5.11 Å². The summed E-state index contributed by atoms with van der Waals surface area (Å²) < 4.78 is 26.8. The average molecular weight is 312 g/mol. The predicted octanol–water partition coefficient (Wildman–Crippen LogP) is 2.26. The topological polar surface area (TPSA) is 96.4 Å². The molecular weight excluding hydrogens is 300 g/mol. The zero-order valence-electron chi connectivity index (χ0n) is 10.7. The molecule has 0 atom stereocenters. The fourth-order valence-corrected chi connectivity index (χ4v) is 4.04. The molecule has 0 spiro atoms. The number of nitrogens with one attached hydrogen (secondary N) is 1. The average Bonchev–Trinajstić information content (AvgIpc) is 2.82. The molecule has 2 N–H and O–H groups in total. The van der Waals surface area contributed by atoms with E-state index in [4.69, 9.17) is 5.11 Å². The lowest BCUT2D eigenvalue weighted by Gasteiger charge is -2.10. The fourth-order valence-electron chi connectivity index (χ4n) is 1.66. The molecule has 0 aliphatic rings. The summed E-state index contributed by atoms with van der Waals surface area (Å²) in [4.78, 5) is 14.7. The van der Waals surface area contributed by atoms with Crippen LogP contribution in [-0.2, 0) is 10.0 Å². The van der Waals surface area contributed by atoms with Gasteiger partial charge in [0.15, 0.2) is 0 Å². The van der Waals surface area contributed by atoms with E-state index in [0.717, 1.165) is 17.0 Å². The van der Waals surface area contributed by atoms with E-state index in [1.807, 2.05) is 0 Å². The van der Waals surface area contributed by atoms with Crippen LogP contribution in [0.3, 0.4) is 0 Å². The maximum Gasteiger partial charge on any atom is 0.347 e. The van der Waals surface area contributed by atoms with E-state index in [0.29, 0.717) is 11.4 Å². The number of sulfonamides is 1. The Morgan fingerprint density at radius 3 is 2.60 bits per heavy atom. The van der Waals surface area contributed by atoms with E-state index in [9.17, 15) is 13.2 Å². The van der Waals surface area contributed by atoms with Crippen LogP contribution in [0.15, 0.2) is 28.5 Å². The lowest BCUT2D eigenvalue weighted by atomic mass is 10.3. The zero-order chi connectivity index (χ0) is 14.9. The Balaban J connectivity index is 2.41. The third-order valence-electron chi connectivity index (χ3n) is 2.58. The van der Waals surface area contributed by atoms with Gasteiger partial charge in [-0.05, 0) is 37.4 Å². The van der Waals surface area contributed by atoms with Crippen LogP contribution >= 0.6 is 11.3 Å². The third kappa shape index (κ3) is 2.81. The molecule has 20 heavy (non-hydrogen) atoms. The molecule has 0 aliphatic heterocycles. The largest absolute Gasteiger partial charge is 0.477 e. The highest BCUT2D eigenvalue weighted by molar-refractivity contribution is 7.93. The van der Waals surface area contributed by atoms with Crippen LogP contribution in [0.4, 0.5) is 5.69 Å². The van der Waals surface area contributed by atoms with Gasteiger partial charge in [-0.25, -0.2) is 13.2 Å². The van der Waals surface area contributed by atoms with Crippen molar-refractivity contribution >= 4 is 33.0 Å². The van der Waals surface area contributed by atoms with Gasteiger partial charge in [0.05, 0.1) is 11.4 Å². The van der Waals surface area contributed by atoms with Crippen molar-refractivity contribution in [3.05, 3.63) is 39.8 Å². The van der Waals surface area contributed by atoms with Crippen LogP contribution in [0.25, 0.3) is 0 Å². The number of aryl methyl sites for hydroxylation is 2. The lowest BCUT2D eigenvalue weighted by Crippen LogP contribution is -2.16. The van der Waals surface area contributed by atoms with Crippen LogP contribution in [-0.4, -0.2) is 24.5 Å². The SMILES string of the molecule is Cc1ccc(NS(=O)(=O)c2ccsc2C(=O)O)c(C)n1. The minimum atomic E-state index is -3.94. The molecule has 0 fully saturated rings. The van der Waals surface area contributed by atoms with Crippen LogP contribution in [0.5, 0.6) is 0 Å². The molecule has 2 aromatic rings. The number of carboxylic acids is 1. The Morgan fingerprint density at radius 1 is 1.30 bits per heavy atom. The van der Waals surface area contributed by atoms with Gasteiger partial charge in [0.1, 0.15) is 9.77 Å². The van der Waals surface area contributed by atoms with E-state index >= 15 is 0 Å². The van der Waals surface area contributed by atoms with Crippen LogP contribution in [0.1, 0.15) is 21.1 Å². The molecule has 2 rings (SSSR count). The fraction of sp³-hybridized carbons (Fsp3) is 0.167. The normalized spacial score (nSPS) is 11.3. The number of rotatable bonds is 4. The maximum absolute atomic E-state index is 12.2. The van der Waals surface area contributed by atoms with E-state index in [2.05, 4.69) is 9.71 Å². The molecule has 0 aliphatic carbocycles. The zero-order valence-corrected chi connectivity index (χ0v) is 12.4. The second-order valence-corrected chi connectivity index (χ2v) is 6.68. The third-order valence-corrected chi connectivity index (χ3v) is 5.02. The Bertz CT molecular complexity index is 766. The molecule has 8 heteroatoms. The number of nitrogens with zero attached hydrogens (tertiary/aromatic N) is 1. The van der Waals surface area contributed by atoms with Crippen molar-refractivity contribution in [2.45, 2.75) is 18.7 Å². The van der Waals surface area contributed by atoms with E-state index in [1.54, 1.807) is 26.0 Å². The maximum atomic E-state index is 12.2. The highest BCUT2D eigenvalue weighted by atomic mass is 32.2. The van der Waals surface area contributed by atoms with Gasteiger partial charge in [-0.15, -0.1) is 11.3 Å². The van der Waals surface area contributed by atoms with Gasteiger partial charge in [-0.1, -0.05) is 0 Å². The quantitative estimate of drug-likeness (QED) is 0.902. The number of carboxylic acid groups (broad SMARTS) is 1. The van der Waals surface area contributed by atoms with Crippen molar-refractivity contribution in [3.8, 4) is 0 Å². The van der Waals surface area contributed by atoms with E-state index in [-0.39, 0.29) is 9.77 Å². The van der Waals surface area contributed by atoms with Gasteiger partial charge >= 0.3 is 5.97 Å². The summed E-state index contributed by atoms with van der Waals surface area (Å²) in [5.41, 5.74) is 1.63. The number of thiophene rings is 1. The van der Waals surface area contributed by atoms with Crippen LogP contribution < -0.4 is 4.72 Å². The molecule has 106 valence electrons. The van der Waals surface area contributed by atoms with Crippen molar-refractivity contribution in [1.29, 1.82) is 0 Å². The second-order valence-electron chi connectivity index (χ2n) is 4.11. The number of hydrogen-bond acceptors (Lipinski definition) is 5. The van der Waals surface area contributed by atoms with Crippen molar-refractivity contribution < 1.29 is 18.3 Å². The van der Waals surface area contributed by atoms with Crippen molar-refractivity contribution in [1.82, 2.24) is 4.98 Å². The predicted molar refractivity (Wildman–Crippen MR) is 75.8 cm³/mol. The van der Waals surface area contributed by atoms with Crippen LogP contribution in [0, 0.1) is 13.8 Å². The lowest BCUT2D eigenvalue weighted by molar-refractivity contribution is 0.0698. The smallest absolute Gasteiger partial charge is 0.347 e. The molecule has 0 saturated heterocycles. The summed E-state index contributed by atoms with van der Waals surface area (Å²) in [5, 5.41) is 10.4. The molecule has 2 aromatic heterocycles. The summed E-state index contributed by atoms with van der Waals surface area (Å²) >= 11 is 0.867.